The molecule has 1 amide bonds. The van der Waals surface area contributed by atoms with Crippen molar-refractivity contribution in [2.45, 2.75) is 315 Å². The van der Waals surface area contributed by atoms with Gasteiger partial charge < -0.3 is 28.5 Å². The lowest BCUT2D eigenvalue weighted by molar-refractivity contribution is -0.870. The molecule has 0 aliphatic carbocycles. The molecule has 0 radical (unpaired) electrons. The fraction of sp³-hybridized carbons (Fsp3) is 0.873. The Kier molecular flexibility index (Phi) is 52.3. The van der Waals surface area contributed by atoms with Gasteiger partial charge in [0.1, 0.15) is 19.3 Å². The zero-order valence-electron chi connectivity index (χ0n) is 49.1. The first-order chi connectivity index (χ1) is 35.4. The molecule has 430 valence electrons. The van der Waals surface area contributed by atoms with Crippen molar-refractivity contribution in [1.29, 1.82) is 0 Å². The monoisotopic (exact) mass is 1050 g/mol. The lowest BCUT2D eigenvalue weighted by atomic mass is 10.0. The zero-order valence-corrected chi connectivity index (χ0v) is 50.0. The van der Waals surface area contributed by atoms with Gasteiger partial charge in [-0.1, -0.05) is 244 Å². The maximum absolute atomic E-state index is 13.5. The molecule has 0 aromatic heterocycles. The highest BCUT2D eigenvalue weighted by Gasteiger charge is 2.27. The second kappa shape index (κ2) is 53.6. The number of carbonyl (C=O) groups excluding carboxylic acids is 2. The number of nitrogens with one attached hydrogen (secondary N) is 1. The molecule has 0 spiro atoms. The predicted octanol–water partition coefficient (Wildman–Crippen LogP) is 18.5. The van der Waals surface area contributed by atoms with Gasteiger partial charge in [0, 0.05) is 12.8 Å². The van der Waals surface area contributed by atoms with Crippen molar-refractivity contribution in [2.75, 3.05) is 40.9 Å². The zero-order chi connectivity index (χ0) is 53.6. The number of unbranched alkanes of at least 4 members (excludes halogenated alkanes) is 37. The molecule has 0 aliphatic rings. The van der Waals surface area contributed by atoms with Crippen LogP contribution in [0.2, 0.25) is 0 Å². The summed E-state index contributed by atoms with van der Waals surface area (Å²) in [7, 11) is 1.19. The Morgan fingerprint density at radius 3 is 1.18 bits per heavy atom. The number of allylic oxidation sites excluding steroid dienone is 5. The Hall–Kier alpha value is -1.77. The van der Waals surface area contributed by atoms with Crippen LogP contribution in [0.4, 0.5) is 0 Å². The van der Waals surface area contributed by atoms with Gasteiger partial charge in [-0.15, -0.1) is 0 Å². The average molecular weight is 1050 g/mol. The normalized spacial score (nSPS) is 13.9. The topological polar surface area (TPSA) is 114 Å². The van der Waals surface area contributed by atoms with Gasteiger partial charge >= 0.3 is 5.97 Å². The van der Waals surface area contributed by atoms with Crippen LogP contribution in [-0.2, 0) is 27.9 Å². The minimum absolute atomic E-state index is 0.0215. The summed E-state index contributed by atoms with van der Waals surface area (Å²) in [6.45, 7) is 6.84. The first-order valence-electron chi connectivity index (χ1n) is 31.3. The number of phosphoric acid groups is 1. The molecule has 3 atom stereocenters. The summed E-state index contributed by atoms with van der Waals surface area (Å²) < 4.78 is 30.3. The van der Waals surface area contributed by atoms with Crippen LogP contribution in [0.15, 0.2) is 36.5 Å². The van der Waals surface area contributed by atoms with E-state index < -0.39 is 20.0 Å². The first kappa shape index (κ1) is 71.2. The number of phosphoric ester groups is 1. The predicted molar refractivity (Wildman–Crippen MR) is 312 cm³/mol. The number of amides is 1. The molecule has 3 unspecified atom stereocenters. The number of nitrogens with zero attached hydrogens (tertiary/aromatic N) is 1. The molecule has 0 fully saturated rings. The van der Waals surface area contributed by atoms with Crippen LogP contribution < -0.4 is 10.2 Å². The van der Waals surface area contributed by atoms with Crippen LogP contribution in [0, 0.1) is 0 Å². The standard InChI is InChI=1S/C63H121N2O7P/c1-7-10-13-16-19-22-25-27-29-30-31-32-33-34-36-38-41-44-47-50-53-56-63(67)72-61(54-51-48-45-42-39-24-21-18-15-12-9-3)60(59-71-73(68,69)70-58-57-65(4,5)6)64-62(66)55-52-49-46-43-40-37-35-28-26-23-20-17-14-11-8-2/h23,26-27,29,51,54,60-61H,7-22,24-25,28,30-50,52-53,55-59H2,1-6H3,(H-,64,66,68,69)/b26-23-,29-27+,54-51-. The van der Waals surface area contributed by atoms with E-state index in [9.17, 15) is 19.0 Å². The molecular weight excluding hydrogens is 928 g/mol. The van der Waals surface area contributed by atoms with Gasteiger partial charge in [0.2, 0.25) is 5.91 Å². The Labute approximate surface area is 453 Å². The minimum atomic E-state index is -4.69. The fourth-order valence-electron chi connectivity index (χ4n) is 9.16. The van der Waals surface area contributed by atoms with E-state index >= 15 is 0 Å². The van der Waals surface area contributed by atoms with Gasteiger partial charge in [-0.2, -0.15) is 0 Å². The van der Waals surface area contributed by atoms with E-state index in [1.165, 1.54) is 199 Å². The third-order valence-electron chi connectivity index (χ3n) is 14.0. The lowest BCUT2D eigenvalue weighted by Gasteiger charge is -2.30. The van der Waals surface area contributed by atoms with Crippen molar-refractivity contribution in [3.05, 3.63) is 36.5 Å². The van der Waals surface area contributed by atoms with E-state index in [2.05, 4.69) is 50.4 Å². The number of rotatable bonds is 57. The molecular formula is C63H121N2O7P. The number of ether oxygens (including phenoxy) is 1. The number of esters is 1. The van der Waals surface area contributed by atoms with E-state index in [4.69, 9.17) is 13.8 Å². The summed E-state index contributed by atoms with van der Waals surface area (Å²) in [5.74, 6) is -0.537. The maximum atomic E-state index is 13.5. The second-order valence-corrected chi connectivity index (χ2v) is 24.0. The summed E-state index contributed by atoms with van der Waals surface area (Å²) >= 11 is 0. The highest BCUT2D eigenvalue weighted by Crippen LogP contribution is 2.38. The molecule has 1 N–H and O–H groups in total. The number of likely N-dealkylation sites (N-methyl/N-ethyl adjacent to an activating group) is 1. The third kappa shape index (κ3) is 54.8. The van der Waals surface area contributed by atoms with Crippen molar-refractivity contribution >= 4 is 19.7 Å². The summed E-state index contributed by atoms with van der Waals surface area (Å²) in [6.07, 6.45) is 63.9. The highest BCUT2D eigenvalue weighted by molar-refractivity contribution is 7.45. The molecule has 73 heavy (non-hydrogen) atoms. The smallest absolute Gasteiger partial charge is 0.306 e. The lowest BCUT2D eigenvalue weighted by Crippen LogP contribution is -2.47. The Balaban J connectivity index is 5.16. The van der Waals surface area contributed by atoms with Gasteiger partial charge in [-0.3, -0.25) is 14.2 Å². The van der Waals surface area contributed by atoms with Crippen molar-refractivity contribution in [3.8, 4) is 0 Å². The number of hydrogen-bond acceptors (Lipinski definition) is 7. The first-order valence-corrected chi connectivity index (χ1v) is 32.8. The summed E-state index contributed by atoms with van der Waals surface area (Å²) in [4.78, 5) is 39.9. The number of hydrogen-bond donors (Lipinski definition) is 1. The van der Waals surface area contributed by atoms with Crippen LogP contribution in [0.25, 0.3) is 0 Å². The Bertz CT molecular complexity index is 1350. The molecule has 0 aromatic carbocycles. The number of carbonyl (C=O) groups is 2. The van der Waals surface area contributed by atoms with Gasteiger partial charge in [0.05, 0.1) is 33.8 Å². The highest BCUT2D eigenvalue weighted by atomic mass is 31.2. The van der Waals surface area contributed by atoms with E-state index in [0.29, 0.717) is 17.4 Å². The van der Waals surface area contributed by atoms with Crippen molar-refractivity contribution in [1.82, 2.24) is 5.32 Å². The summed E-state index contributed by atoms with van der Waals surface area (Å²) in [6, 6.07) is -0.887. The Morgan fingerprint density at radius 1 is 0.466 bits per heavy atom. The molecule has 0 aliphatic heterocycles. The molecule has 0 bridgehead atoms. The van der Waals surface area contributed by atoms with E-state index in [-0.39, 0.29) is 31.5 Å². The second-order valence-electron chi connectivity index (χ2n) is 22.6. The van der Waals surface area contributed by atoms with E-state index in [1.54, 1.807) is 0 Å². The van der Waals surface area contributed by atoms with Crippen LogP contribution in [0.1, 0.15) is 303 Å². The van der Waals surface area contributed by atoms with Crippen LogP contribution in [0.3, 0.4) is 0 Å². The minimum Gasteiger partial charge on any atom is -0.756 e. The Morgan fingerprint density at radius 2 is 0.795 bits per heavy atom. The van der Waals surface area contributed by atoms with Gasteiger partial charge in [-0.05, 0) is 83.1 Å². The summed E-state index contributed by atoms with van der Waals surface area (Å²) in [5.41, 5.74) is 0. The third-order valence-corrected chi connectivity index (χ3v) is 15.0. The van der Waals surface area contributed by atoms with Crippen LogP contribution in [0.5, 0.6) is 0 Å². The fourth-order valence-corrected chi connectivity index (χ4v) is 9.88. The van der Waals surface area contributed by atoms with Crippen molar-refractivity contribution in [2.24, 2.45) is 0 Å². The molecule has 9 nitrogen and oxygen atoms in total. The average Bonchev–Trinajstić information content (AvgIpc) is 3.35. The maximum Gasteiger partial charge on any atom is 0.306 e. The van der Waals surface area contributed by atoms with Gasteiger partial charge in [0.25, 0.3) is 7.82 Å². The van der Waals surface area contributed by atoms with Gasteiger partial charge in [0.15, 0.2) is 0 Å². The molecule has 10 heteroatoms. The summed E-state index contributed by atoms with van der Waals surface area (Å²) in [5, 5.41) is 3.03. The largest absolute Gasteiger partial charge is 0.756 e. The number of quaternary nitrogens is 1. The van der Waals surface area contributed by atoms with Crippen molar-refractivity contribution in [3.63, 3.8) is 0 Å². The van der Waals surface area contributed by atoms with Crippen LogP contribution >= 0.6 is 7.82 Å². The van der Waals surface area contributed by atoms with Gasteiger partial charge in [-0.25, -0.2) is 0 Å². The van der Waals surface area contributed by atoms with Crippen molar-refractivity contribution < 1.29 is 37.3 Å². The van der Waals surface area contributed by atoms with E-state index in [1.807, 2.05) is 33.3 Å². The van der Waals surface area contributed by atoms with E-state index in [0.717, 1.165) is 70.6 Å². The molecule has 0 rings (SSSR count). The van der Waals surface area contributed by atoms with Crippen LogP contribution in [-0.4, -0.2) is 69.4 Å². The molecule has 0 saturated carbocycles. The SMILES string of the molecule is CCCCCC/C=C\CCCCCCCCCC(=O)NC(COP(=O)([O-])OCC[N+](C)(C)C)C(/C=C\CCCCCCCCCCC)OC(=O)CCCCCCCCCCCCC/C=C/CCCCCCCC. The quantitative estimate of drug-likeness (QED) is 0.0212. The molecule has 0 heterocycles. The molecule has 0 saturated heterocycles. The molecule has 0 aromatic rings.